The molecule has 4 saturated carbocycles. The fraction of sp³-hybridized carbons (Fsp3) is 0.632. The maximum absolute atomic E-state index is 12.4. The lowest BCUT2D eigenvalue weighted by atomic mass is 9.49. The maximum Gasteiger partial charge on any atom is 0.277 e. The van der Waals surface area contributed by atoms with Gasteiger partial charge < -0.3 is 5.32 Å². The number of carbonyl (C=O) groups is 1. The normalized spacial score (nSPS) is 30.9. The summed E-state index contributed by atoms with van der Waals surface area (Å²) in [5.74, 6) is 2.02. The number of hydrogen-bond acceptors (Lipinski definition) is 5. The monoisotopic (exact) mass is 373 g/mol. The first-order valence-electron chi connectivity index (χ1n) is 9.56. The molecule has 0 aromatic heterocycles. The van der Waals surface area contributed by atoms with E-state index in [1.54, 1.807) is 0 Å². The Balaban J connectivity index is 1.41. The molecule has 144 valence electrons. The Bertz CT molecular complexity index is 739. The van der Waals surface area contributed by atoms with Crippen molar-refractivity contribution in [1.29, 1.82) is 0 Å². The number of nitrogens with one attached hydrogen (secondary N) is 1. The lowest BCUT2D eigenvalue weighted by molar-refractivity contribution is -0.394. The number of carbonyl (C=O) groups excluding carboxylic acids is 1. The number of amides is 1. The van der Waals surface area contributed by atoms with Crippen LogP contribution in [0.1, 0.15) is 55.3 Å². The summed E-state index contributed by atoms with van der Waals surface area (Å²) in [5.41, 5.74) is -0.608. The molecule has 1 amide bonds. The van der Waals surface area contributed by atoms with Gasteiger partial charge in [-0.15, -0.1) is 0 Å². The van der Waals surface area contributed by atoms with Crippen LogP contribution in [0.25, 0.3) is 0 Å². The van der Waals surface area contributed by atoms with E-state index in [2.05, 4.69) is 5.32 Å². The summed E-state index contributed by atoms with van der Waals surface area (Å²) >= 11 is 0. The molecule has 0 saturated heterocycles. The zero-order valence-electron chi connectivity index (χ0n) is 15.1. The molecule has 0 spiro atoms. The van der Waals surface area contributed by atoms with Crippen LogP contribution in [0.3, 0.4) is 0 Å². The number of rotatable bonds is 6. The highest BCUT2D eigenvalue weighted by Crippen LogP contribution is 2.61. The van der Waals surface area contributed by atoms with E-state index in [1.165, 1.54) is 38.5 Å². The van der Waals surface area contributed by atoms with Crippen molar-refractivity contribution in [2.75, 3.05) is 6.54 Å². The third-order valence-corrected chi connectivity index (χ3v) is 6.69. The summed E-state index contributed by atoms with van der Waals surface area (Å²) in [7, 11) is 0. The number of nitro groups is 2. The van der Waals surface area contributed by atoms with Gasteiger partial charge in [-0.2, -0.15) is 0 Å². The Labute approximate surface area is 156 Å². The predicted octanol–water partition coefficient (Wildman–Crippen LogP) is 3.84. The molecule has 0 aliphatic heterocycles. The molecule has 8 nitrogen and oxygen atoms in total. The van der Waals surface area contributed by atoms with E-state index in [0.29, 0.717) is 12.0 Å². The highest BCUT2D eigenvalue weighted by molar-refractivity contribution is 5.95. The van der Waals surface area contributed by atoms with Gasteiger partial charge in [0, 0.05) is 18.7 Å². The van der Waals surface area contributed by atoms with Crippen molar-refractivity contribution in [1.82, 2.24) is 5.32 Å². The van der Waals surface area contributed by atoms with Crippen LogP contribution >= 0.6 is 0 Å². The topological polar surface area (TPSA) is 115 Å². The Morgan fingerprint density at radius 3 is 1.89 bits per heavy atom. The van der Waals surface area contributed by atoms with E-state index in [4.69, 9.17) is 0 Å². The second kappa shape index (κ2) is 6.58. The SMILES string of the molecule is O=C(NCCC12CC3CC(CC(C3)C1)C2)c1cc([N+](=O)[O-])cc([N+](=O)[O-])c1. The number of nitro benzene ring substituents is 2. The maximum atomic E-state index is 12.4. The fourth-order valence-corrected chi connectivity index (χ4v) is 6.08. The minimum absolute atomic E-state index is 0.0404. The molecule has 1 aromatic carbocycles. The molecule has 4 fully saturated rings. The molecular weight excluding hydrogens is 350 g/mol. The number of benzene rings is 1. The molecule has 0 radical (unpaired) electrons. The van der Waals surface area contributed by atoms with Crippen molar-refractivity contribution in [2.24, 2.45) is 23.2 Å². The number of hydrogen-bond donors (Lipinski definition) is 1. The van der Waals surface area contributed by atoms with Gasteiger partial charge in [0.2, 0.25) is 0 Å². The Kier molecular flexibility index (Phi) is 4.36. The average molecular weight is 373 g/mol. The van der Waals surface area contributed by atoms with E-state index in [9.17, 15) is 25.0 Å². The fourth-order valence-electron chi connectivity index (χ4n) is 6.08. The van der Waals surface area contributed by atoms with Gasteiger partial charge in [-0.25, -0.2) is 0 Å². The van der Waals surface area contributed by atoms with Crippen LogP contribution in [-0.2, 0) is 0 Å². The van der Waals surface area contributed by atoms with Gasteiger partial charge in [-0.3, -0.25) is 25.0 Å². The predicted molar refractivity (Wildman–Crippen MR) is 97.3 cm³/mol. The number of non-ortho nitro benzene ring substituents is 2. The first-order valence-corrected chi connectivity index (χ1v) is 9.56. The van der Waals surface area contributed by atoms with Crippen molar-refractivity contribution >= 4 is 17.3 Å². The van der Waals surface area contributed by atoms with Crippen LogP contribution < -0.4 is 5.32 Å². The molecule has 1 aromatic rings. The zero-order valence-corrected chi connectivity index (χ0v) is 15.1. The van der Waals surface area contributed by atoms with Crippen molar-refractivity contribution in [2.45, 2.75) is 44.9 Å². The molecule has 0 unspecified atom stereocenters. The van der Waals surface area contributed by atoms with Gasteiger partial charge >= 0.3 is 0 Å². The summed E-state index contributed by atoms with van der Waals surface area (Å²) in [6.07, 6.45) is 8.75. The molecule has 4 aliphatic carbocycles. The molecule has 0 atom stereocenters. The van der Waals surface area contributed by atoms with E-state index in [-0.39, 0.29) is 5.56 Å². The lowest BCUT2D eigenvalue weighted by Crippen LogP contribution is -2.47. The highest BCUT2D eigenvalue weighted by atomic mass is 16.6. The lowest BCUT2D eigenvalue weighted by Gasteiger charge is -2.57. The molecule has 5 rings (SSSR count). The summed E-state index contributed by atoms with van der Waals surface area (Å²) < 4.78 is 0. The third-order valence-electron chi connectivity index (χ3n) is 6.69. The van der Waals surface area contributed by atoms with Crippen LogP contribution in [0.5, 0.6) is 0 Å². The van der Waals surface area contributed by atoms with Crippen LogP contribution in [0.2, 0.25) is 0 Å². The van der Waals surface area contributed by atoms with Crippen LogP contribution in [0.4, 0.5) is 11.4 Å². The summed E-state index contributed by atoms with van der Waals surface area (Å²) in [5, 5.41) is 24.8. The Morgan fingerprint density at radius 1 is 0.963 bits per heavy atom. The Morgan fingerprint density at radius 2 is 1.44 bits per heavy atom. The summed E-state index contributed by atoms with van der Waals surface area (Å²) in [4.78, 5) is 32.9. The van der Waals surface area contributed by atoms with Crippen LogP contribution in [0, 0.1) is 43.4 Å². The Hall–Kier alpha value is -2.51. The van der Waals surface area contributed by atoms with E-state index in [0.717, 1.165) is 42.4 Å². The van der Waals surface area contributed by atoms with E-state index >= 15 is 0 Å². The van der Waals surface area contributed by atoms with Crippen LogP contribution in [-0.4, -0.2) is 22.3 Å². The largest absolute Gasteiger partial charge is 0.352 e. The first-order chi connectivity index (χ1) is 12.8. The van der Waals surface area contributed by atoms with Crippen molar-refractivity contribution in [3.05, 3.63) is 44.0 Å². The average Bonchev–Trinajstić information content (AvgIpc) is 2.59. The van der Waals surface area contributed by atoms with Crippen molar-refractivity contribution in [3.8, 4) is 0 Å². The van der Waals surface area contributed by atoms with E-state index in [1.807, 2.05) is 0 Å². The zero-order chi connectivity index (χ0) is 19.2. The quantitative estimate of drug-likeness (QED) is 0.601. The van der Waals surface area contributed by atoms with Gasteiger partial charge in [0.05, 0.1) is 21.5 Å². The molecule has 0 heterocycles. The molecule has 4 aliphatic rings. The molecule has 1 N–H and O–H groups in total. The van der Waals surface area contributed by atoms with Crippen molar-refractivity contribution in [3.63, 3.8) is 0 Å². The molecule has 4 bridgehead atoms. The van der Waals surface area contributed by atoms with Crippen molar-refractivity contribution < 1.29 is 14.6 Å². The number of nitrogens with zero attached hydrogens (tertiary/aromatic N) is 2. The van der Waals surface area contributed by atoms with Crippen LogP contribution in [0.15, 0.2) is 18.2 Å². The molecular formula is C19H23N3O5. The second-order valence-electron chi connectivity index (χ2n) is 8.68. The molecule has 27 heavy (non-hydrogen) atoms. The molecule has 8 heteroatoms. The van der Waals surface area contributed by atoms with Gasteiger partial charge in [-0.1, -0.05) is 0 Å². The summed E-state index contributed by atoms with van der Waals surface area (Å²) in [6.45, 7) is 0.501. The minimum atomic E-state index is -0.723. The first kappa shape index (κ1) is 17.9. The third kappa shape index (κ3) is 3.52. The highest BCUT2D eigenvalue weighted by Gasteiger charge is 2.50. The minimum Gasteiger partial charge on any atom is -0.352 e. The standard InChI is InChI=1S/C19H23N3O5/c23-18(15-6-16(21(24)25)8-17(7-15)22(26)27)20-2-1-19-9-12-3-13(10-19)5-14(4-12)11-19/h6-8,12-14H,1-5,9-11H2,(H,20,23). The van der Waals surface area contributed by atoms with Gasteiger partial charge in [0.25, 0.3) is 17.3 Å². The summed E-state index contributed by atoms with van der Waals surface area (Å²) in [6, 6.07) is 3.05. The van der Waals surface area contributed by atoms with Gasteiger partial charge in [-0.05, 0) is 68.1 Å². The van der Waals surface area contributed by atoms with Gasteiger partial charge in [0.15, 0.2) is 0 Å². The second-order valence-corrected chi connectivity index (χ2v) is 8.68. The smallest absolute Gasteiger partial charge is 0.277 e. The van der Waals surface area contributed by atoms with E-state index < -0.39 is 27.1 Å². The van der Waals surface area contributed by atoms with Gasteiger partial charge in [0.1, 0.15) is 0 Å².